The van der Waals surface area contributed by atoms with Gasteiger partial charge in [-0.1, -0.05) is 29.8 Å². The SMILES string of the molecule is O=C(O)c1ccc(Cn2cc(C=Nc3ccc(F)c(Cl)c3)c3ccccc32)o1. The van der Waals surface area contributed by atoms with Crippen molar-refractivity contribution in [3.05, 3.63) is 88.7 Å². The molecule has 0 saturated heterocycles. The number of nitrogens with zero attached hydrogens (tertiary/aromatic N) is 2. The summed E-state index contributed by atoms with van der Waals surface area (Å²) in [6.45, 7) is 0.379. The van der Waals surface area contributed by atoms with Crippen molar-refractivity contribution in [1.82, 2.24) is 4.57 Å². The predicted molar refractivity (Wildman–Crippen MR) is 105 cm³/mol. The summed E-state index contributed by atoms with van der Waals surface area (Å²) in [6, 6.07) is 15.1. The average molecular weight is 397 g/mol. The van der Waals surface area contributed by atoms with E-state index in [2.05, 4.69) is 4.99 Å². The zero-order valence-electron chi connectivity index (χ0n) is 14.5. The Balaban J connectivity index is 1.68. The standard InChI is InChI=1S/C21H14ClFN2O3/c22-17-9-14(5-7-18(17)23)24-10-13-11-25(19-4-2-1-3-16(13)19)12-15-6-8-20(28-15)21(26)27/h1-11H,12H2,(H,26,27). The number of fused-ring (bicyclic) bond motifs is 1. The number of hydrogen-bond donors (Lipinski definition) is 1. The van der Waals surface area contributed by atoms with E-state index >= 15 is 0 Å². The Morgan fingerprint density at radius 1 is 1.21 bits per heavy atom. The van der Waals surface area contributed by atoms with Crippen LogP contribution in [-0.2, 0) is 6.54 Å². The van der Waals surface area contributed by atoms with E-state index in [0.717, 1.165) is 16.5 Å². The van der Waals surface area contributed by atoms with Crippen LogP contribution in [0.3, 0.4) is 0 Å². The second kappa shape index (κ2) is 7.32. The molecule has 2 aromatic heterocycles. The molecule has 0 amide bonds. The van der Waals surface area contributed by atoms with Gasteiger partial charge in [-0.15, -0.1) is 0 Å². The number of rotatable bonds is 5. The highest BCUT2D eigenvalue weighted by Gasteiger charge is 2.12. The molecule has 0 aliphatic heterocycles. The molecular formula is C21H14ClFN2O3. The van der Waals surface area contributed by atoms with Crippen LogP contribution in [0, 0.1) is 5.82 Å². The van der Waals surface area contributed by atoms with Gasteiger partial charge >= 0.3 is 5.97 Å². The Morgan fingerprint density at radius 2 is 2.04 bits per heavy atom. The molecule has 4 rings (SSSR count). The fourth-order valence-electron chi connectivity index (χ4n) is 2.96. The van der Waals surface area contributed by atoms with Gasteiger partial charge in [-0.2, -0.15) is 0 Å². The molecule has 4 aromatic rings. The lowest BCUT2D eigenvalue weighted by molar-refractivity contribution is 0.0660. The van der Waals surface area contributed by atoms with Crippen LogP contribution in [0.1, 0.15) is 21.9 Å². The number of aromatic nitrogens is 1. The largest absolute Gasteiger partial charge is 0.475 e. The molecule has 7 heteroatoms. The van der Waals surface area contributed by atoms with E-state index in [9.17, 15) is 9.18 Å². The van der Waals surface area contributed by atoms with Crippen LogP contribution in [0.15, 0.2) is 70.2 Å². The number of carboxylic acid groups (broad SMARTS) is 1. The van der Waals surface area contributed by atoms with Crippen LogP contribution >= 0.6 is 11.6 Å². The summed E-state index contributed by atoms with van der Waals surface area (Å²) in [5.74, 6) is -1.15. The van der Waals surface area contributed by atoms with Crippen molar-refractivity contribution in [2.75, 3.05) is 0 Å². The zero-order valence-corrected chi connectivity index (χ0v) is 15.2. The third-order valence-corrected chi connectivity index (χ3v) is 4.56. The van der Waals surface area contributed by atoms with Gasteiger partial charge in [0.15, 0.2) is 0 Å². The summed E-state index contributed by atoms with van der Waals surface area (Å²) in [5, 5.41) is 10.00. The van der Waals surface area contributed by atoms with Crippen molar-refractivity contribution < 1.29 is 18.7 Å². The molecule has 0 radical (unpaired) electrons. The number of aliphatic imine (C=N–C) groups is 1. The molecule has 0 unspecified atom stereocenters. The summed E-state index contributed by atoms with van der Waals surface area (Å²) >= 11 is 5.80. The minimum absolute atomic E-state index is 0.0177. The second-order valence-corrected chi connectivity index (χ2v) is 6.56. The first-order chi connectivity index (χ1) is 13.5. The number of benzene rings is 2. The van der Waals surface area contributed by atoms with Gasteiger partial charge in [0.05, 0.1) is 17.3 Å². The van der Waals surface area contributed by atoms with Gasteiger partial charge in [0.1, 0.15) is 11.6 Å². The minimum atomic E-state index is -1.10. The van der Waals surface area contributed by atoms with Gasteiger partial charge in [0, 0.05) is 28.9 Å². The molecule has 0 aliphatic carbocycles. The number of hydrogen-bond acceptors (Lipinski definition) is 3. The Hall–Kier alpha value is -3.38. The highest BCUT2D eigenvalue weighted by molar-refractivity contribution is 6.31. The van der Waals surface area contributed by atoms with Crippen LogP contribution < -0.4 is 0 Å². The number of carboxylic acids is 1. The lowest BCUT2D eigenvalue weighted by Crippen LogP contribution is -1.97. The fourth-order valence-corrected chi connectivity index (χ4v) is 3.14. The van der Waals surface area contributed by atoms with E-state index in [-0.39, 0.29) is 10.8 Å². The predicted octanol–water partition coefficient (Wildman–Crippen LogP) is 5.52. The lowest BCUT2D eigenvalue weighted by Gasteiger charge is -2.02. The number of furan rings is 1. The summed E-state index contributed by atoms with van der Waals surface area (Å²) in [6.07, 6.45) is 3.59. The molecule has 0 fully saturated rings. The maximum absolute atomic E-state index is 13.3. The topological polar surface area (TPSA) is 67.7 Å². The minimum Gasteiger partial charge on any atom is -0.475 e. The quantitative estimate of drug-likeness (QED) is 0.451. The Morgan fingerprint density at radius 3 is 2.79 bits per heavy atom. The number of para-hydroxylation sites is 1. The molecular weight excluding hydrogens is 383 g/mol. The third-order valence-electron chi connectivity index (χ3n) is 4.27. The summed E-state index contributed by atoms with van der Waals surface area (Å²) in [4.78, 5) is 15.4. The van der Waals surface area contributed by atoms with Crippen LogP contribution in [-0.4, -0.2) is 21.9 Å². The molecule has 0 bridgehead atoms. The zero-order chi connectivity index (χ0) is 19.7. The van der Waals surface area contributed by atoms with E-state index in [1.165, 1.54) is 18.2 Å². The first kappa shape index (κ1) is 18.0. The molecule has 2 heterocycles. The second-order valence-electron chi connectivity index (χ2n) is 6.16. The molecule has 1 N–H and O–H groups in total. The van der Waals surface area contributed by atoms with Gasteiger partial charge in [-0.25, -0.2) is 9.18 Å². The van der Waals surface area contributed by atoms with Gasteiger partial charge in [0.25, 0.3) is 0 Å². The van der Waals surface area contributed by atoms with Crippen molar-refractivity contribution in [1.29, 1.82) is 0 Å². The normalized spacial score (nSPS) is 11.5. The van der Waals surface area contributed by atoms with E-state index in [1.54, 1.807) is 18.3 Å². The number of halogens is 2. The van der Waals surface area contributed by atoms with Gasteiger partial charge in [-0.3, -0.25) is 4.99 Å². The third kappa shape index (κ3) is 3.54. The van der Waals surface area contributed by atoms with E-state index in [1.807, 2.05) is 35.0 Å². The molecule has 5 nitrogen and oxygen atoms in total. The van der Waals surface area contributed by atoms with Gasteiger partial charge in [0.2, 0.25) is 5.76 Å². The fraction of sp³-hybridized carbons (Fsp3) is 0.0476. The molecule has 2 aromatic carbocycles. The maximum atomic E-state index is 13.3. The van der Waals surface area contributed by atoms with Crippen LogP contribution in [0.2, 0.25) is 5.02 Å². The van der Waals surface area contributed by atoms with Crippen molar-refractivity contribution in [3.63, 3.8) is 0 Å². The van der Waals surface area contributed by atoms with E-state index in [0.29, 0.717) is 18.0 Å². The van der Waals surface area contributed by atoms with Crippen molar-refractivity contribution in [2.24, 2.45) is 4.99 Å². The van der Waals surface area contributed by atoms with Crippen molar-refractivity contribution >= 4 is 40.4 Å². The van der Waals surface area contributed by atoms with Gasteiger partial charge in [-0.05, 0) is 36.4 Å². The van der Waals surface area contributed by atoms with Crippen LogP contribution in [0.4, 0.5) is 10.1 Å². The molecule has 0 saturated carbocycles. The maximum Gasteiger partial charge on any atom is 0.371 e. The average Bonchev–Trinajstić information content (AvgIpc) is 3.29. The van der Waals surface area contributed by atoms with Crippen LogP contribution in [0.25, 0.3) is 10.9 Å². The Labute approximate surface area is 164 Å². The Bertz CT molecular complexity index is 1210. The lowest BCUT2D eigenvalue weighted by atomic mass is 10.2. The van der Waals surface area contributed by atoms with E-state index in [4.69, 9.17) is 21.1 Å². The first-order valence-corrected chi connectivity index (χ1v) is 8.78. The molecule has 0 atom stereocenters. The van der Waals surface area contributed by atoms with Crippen molar-refractivity contribution in [2.45, 2.75) is 6.54 Å². The Kier molecular flexibility index (Phi) is 4.71. The van der Waals surface area contributed by atoms with Crippen molar-refractivity contribution in [3.8, 4) is 0 Å². The smallest absolute Gasteiger partial charge is 0.371 e. The van der Waals surface area contributed by atoms with E-state index < -0.39 is 11.8 Å². The summed E-state index contributed by atoms with van der Waals surface area (Å²) in [7, 11) is 0. The highest BCUT2D eigenvalue weighted by atomic mass is 35.5. The first-order valence-electron chi connectivity index (χ1n) is 8.40. The molecule has 140 valence electrons. The number of aromatic carboxylic acids is 1. The molecule has 0 spiro atoms. The monoisotopic (exact) mass is 396 g/mol. The number of carbonyl (C=O) groups is 1. The summed E-state index contributed by atoms with van der Waals surface area (Å²) in [5.41, 5.74) is 2.36. The van der Waals surface area contributed by atoms with Gasteiger partial charge < -0.3 is 14.1 Å². The molecule has 28 heavy (non-hydrogen) atoms. The summed E-state index contributed by atoms with van der Waals surface area (Å²) < 4.78 is 20.6. The van der Waals surface area contributed by atoms with Crippen LogP contribution in [0.5, 0.6) is 0 Å². The molecule has 0 aliphatic rings. The highest BCUT2D eigenvalue weighted by Crippen LogP contribution is 2.24.